The van der Waals surface area contributed by atoms with E-state index in [2.05, 4.69) is 27.7 Å². The van der Waals surface area contributed by atoms with Crippen LogP contribution in [-0.2, 0) is 9.84 Å². The Morgan fingerprint density at radius 1 is 1.10 bits per heavy atom. The number of nitrogens with zero attached hydrogens (tertiary/aromatic N) is 2. The molecule has 0 atom stereocenters. The van der Waals surface area contributed by atoms with E-state index in [-0.39, 0.29) is 0 Å². The predicted molar refractivity (Wildman–Crippen MR) is 86.5 cm³/mol. The summed E-state index contributed by atoms with van der Waals surface area (Å²) >= 11 is 2.26. The summed E-state index contributed by atoms with van der Waals surface area (Å²) in [6.07, 6.45) is 3.10. The highest BCUT2D eigenvalue weighted by molar-refractivity contribution is 14.1. The Hall–Kier alpha value is -1.41. The van der Waals surface area contributed by atoms with E-state index in [9.17, 15) is 8.42 Å². The average molecular weight is 398 g/mol. The highest BCUT2D eigenvalue weighted by Gasteiger charge is 2.13. The first-order valence-corrected chi connectivity index (χ1v) is 8.87. The SMILES string of the molecule is CS(=O)(=O)c1ccc(-c2nn3ccccc3c2I)cc1. The van der Waals surface area contributed by atoms with Gasteiger partial charge < -0.3 is 0 Å². The zero-order valence-corrected chi connectivity index (χ0v) is 13.6. The van der Waals surface area contributed by atoms with Crippen LogP contribution in [0.1, 0.15) is 0 Å². The standard InChI is InChI=1S/C14H11IN2O2S/c1-20(18,19)11-7-5-10(6-8-11)14-13(15)12-4-2-3-9-17(12)16-14/h2-9H,1H3. The Morgan fingerprint density at radius 2 is 1.80 bits per heavy atom. The topological polar surface area (TPSA) is 51.4 Å². The van der Waals surface area contributed by atoms with Gasteiger partial charge in [0.05, 0.1) is 14.0 Å². The Balaban J connectivity index is 2.14. The predicted octanol–water partition coefficient (Wildman–Crippen LogP) is 3.01. The van der Waals surface area contributed by atoms with E-state index in [1.165, 1.54) is 6.26 Å². The quantitative estimate of drug-likeness (QED) is 0.624. The van der Waals surface area contributed by atoms with E-state index >= 15 is 0 Å². The van der Waals surface area contributed by atoms with E-state index in [0.29, 0.717) is 4.90 Å². The Bertz CT molecular complexity index is 883. The fraction of sp³-hybridized carbons (Fsp3) is 0.0714. The zero-order valence-electron chi connectivity index (χ0n) is 10.6. The number of rotatable bonds is 2. The molecule has 0 saturated carbocycles. The molecule has 0 aliphatic carbocycles. The number of benzene rings is 1. The van der Waals surface area contributed by atoms with Gasteiger partial charge in [0.1, 0.15) is 5.69 Å². The molecule has 102 valence electrons. The van der Waals surface area contributed by atoms with Crippen molar-refractivity contribution < 1.29 is 8.42 Å². The van der Waals surface area contributed by atoms with Crippen molar-refractivity contribution in [1.29, 1.82) is 0 Å². The second-order valence-electron chi connectivity index (χ2n) is 4.49. The zero-order chi connectivity index (χ0) is 14.3. The summed E-state index contributed by atoms with van der Waals surface area (Å²) in [7, 11) is -3.16. The van der Waals surface area contributed by atoms with Crippen molar-refractivity contribution in [1.82, 2.24) is 9.61 Å². The van der Waals surface area contributed by atoms with Crippen LogP contribution in [-0.4, -0.2) is 24.3 Å². The van der Waals surface area contributed by atoms with E-state index in [1.54, 1.807) is 24.3 Å². The maximum absolute atomic E-state index is 11.5. The molecule has 0 fully saturated rings. The average Bonchev–Trinajstić information content (AvgIpc) is 2.76. The monoisotopic (exact) mass is 398 g/mol. The van der Waals surface area contributed by atoms with E-state index in [0.717, 1.165) is 20.3 Å². The number of fused-ring (bicyclic) bond motifs is 1. The molecule has 0 unspecified atom stereocenters. The highest BCUT2D eigenvalue weighted by Crippen LogP contribution is 2.28. The molecule has 2 aromatic heterocycles. The molecule has 0 spiro atoms. The van der Waals surface area contributed by atoms with Crippen molar-refractivity contribution in [3.63, 3.8) is 0 Å². The van der Waals surface area contributed by atoms with Gasteiger partial charge in [0.2, 0.25) is 0 Å². The van der Waals surface area contributed by atoms with Crippen LogP contribution in [0.25, 0.3) is 16.8 Å². The van der Waals surface area contributed by atoms with Gasteiger partial charge in [-0.25, -0.2) is 12.9 Å². The number of aromatic nitrogens is 2. The second kappa shape index (κ2) is 4.85. The summed E-state index contributed by atoms with van der Waals surface area (Å²) < 4.78 is 25.8. The Morgan fingerprint density at radius 3 is 2.40 bits per heavy atom. The van der Waals surface area contributed by atoms with Gasteiger partial charge in [0.25, 0.3) is 0 Å². The summed E-state index contributed by atoms with van der Waals surface area (Å²) in [4.78, 5) is 0.319. The molecule has 0 aliphatic heterocycles. The van der Waals surface area contributed by atoms with Crippen LogP contribution in [0.3, 0.4) is 0 Å². The van der Waals surface area contributed by atoms with Crippen LogP contribution in [0.15, 0.2) is 53.6 Å². The normalized spacial score (nSPS) is 11.9. The van der Waals surface area contributed by atoms with Gasteiger partial charge in [-0.3, -0.25) is 0 Å². The lowest BCUT2D eigenvalue weighted by Gasteiger charge is -2.00. The van der Waals surface area contributed by atoms with Crippen LogP contribution >= 0.6 is 22.6 Å². The first-order chi connectivity index (χ1) is 9.47. The molecule has 0 bridgehead atoms. The van der Waals surface area contributed by atoms with Crippen molar-refractivity contribution in [2.75, 3.05) is 6.26 Å². The summed E-state index contributed by atoms with van der Waals surface area (Å²) in [5, 5.41) is 4.53. The third-order valence-corrected chi connectivity index (χ3v) is 5.23. The first kappa shape index (κ1) is 13.6. The minimum Gasteiger partial charge on any atom is -0.239 e. The van der Waals surface area contributed by atoms with Gasteiger partial charge in [-0.15, -0.1) is 0 Å². The van der Waals surface area contributed by atoms with Crippen molar-refractivity contribution >= 4 is 37.9 Å². The molecule has 0 amide bonds. The second-order valence-corrected chi connectivity index (χ2v) is 7.58. The number of hydrogen-bond donors (Lipinski definition) is 0. The number of hydrogen-bond acceptors (Lipinski definition) is 3. The highest BCUT2D eigenvalue weighted by atomic mass is 127. The van der Waals surface area contributed by atoms with E-state index in [1.807, 2.05) is 28.9 Å². The molecule has 2 heterocycles. The molecular weight excluding hydrogens is 387 g/mol. The minimum atomic E-state index is -3.16. The first-order valence-electron chi connectivity index (χ1n) is 5.90. The van der Waals surface area contributed by atoms with Gasteiger partial charge >= 0.3 is 0 Å². The molecule has 1 aromatic carbocycles. The van der Waals surface area contributed by atoms with Crippen molar-refractivity contribution in [2.45, 2.75) is 4.90 Å². The fourth-order valence-corrected chi connectivity index (χ4v) is 3.49. The van der Waals surface area contributed by atoms with Gasteiger partial charge in [-0.2, -0.15) is 5.10 Å². The molecule has 0 aliphatic rings. The largest absolute Gasteiger partial charge is 0.239 e. The smallest absolute Gasteiger partial charge is 0.175 e. The van der Waals surface area contributed by atoms with Crippen molar-refractivity contribution in [3.8, 4) is 11.3 Å². The molecule has 0 saturated heterocycles. The Labute approximate surface area is 130 Å². The van der Waals surface area contributed by atoms with Crippen LogP contribution in [0.5, 0.6) is 0 Å². The third kappa shape index (κ3) is 2.33. The molecule has 20 heavy (non-hydrogen) atoms. The summed E-state index contributed by atoms with van der Waals surface area (Å²) in [5.41, 5.74) is 2.80. The van der Waals surface area contributed by atoms with Gasteiger partial charge in [0.15, 0.2) is 9.84 Å². The summed E-state index contributed by atoms with van der Waals surface area (Å²) in [5.74, 6) is 0. The summed E-state index contributed by atoms with van der Waals surface area (Å²) in [6.45, 7) is 0. The van der Waals surface area contributed by atoms with Crippen molar-refractivity contribution in [2.24, 2.45) is 0 Å². The minimum absolute atomic E-state index is 0.319. The van der Waals surface area contributed by atoms with Gasteiger partial charge in [0, 0.05) is 18.0 Å². The van der Waals surface area contributed by atoms with Crippen LogP contribution in [0.2, 0.25) is 0 Å². The Kier molecular flexibility index (Phi) is 3.29. The van der Waals surface area contributed by atoms with Gasteiger partial charge in [-0.05, 0) is 46.9 Å². The maximum Gasteiger partial charge on any atom is 0.175 e. The lowest BCUT2D eigenvalue weighted by molar-refractivity contribution is 0.602. The van der Waals surface area contributed by atoms with E-state index < -0.39 is 9.84 Å². The van der Waals surface area contributed by atoms with Crippen LogP contribution in [0.4, 0.5) is 0 Å². The lowest BCUT2D eigenvalue weighted by atomic mass is 10.1. The molecule has 3 rings (SSSR count). The number of halogens is 1. The molecule has 3 aromatic rings. The van der Waals surface area contributed by atoms with Gasteiger partial charge in [-0.1, -0.05) is 18.2 Å². The maximum atomic E-state index is 11.5. The summed E-state index contributed by atoms with van der Waals surface area (Å²) in [6, 6.07) is 12.7. The number of pyridine rings is 1. The van der Waals surface area contributed by atoms with Crippen molar-refractivity contribution in [3.05, 3.63) is 52.2 Å². The molecule has 0 radical (unpaired) electrons. The van der Waals surface area contributed by atoms with Crippen LogP contribution < -0.4 is 0 Å². The number of sulfone groups is 1. The third-order valence-electron chi connectivity index (χ3n) is 3.04. The molecule has 4 nitrogen and oxygen atoms in total. The lowest BCUT2D eigenvalue weighted by Crippen LogP contribution is -1.96. The molecule has 6 heteroatoms. The van der Waals surface area contributed by atoms with E-state index in [4.69, 9.17) is 0 Å². The van der Waals surface area contributed by atoms with Crippen LogP contribution in [0, 0.1) is 3.57 Å². The molecular formula is C14H11IN2O2S. The fourth-order valence-electron chi connectivity index (χ4n) is 2.01. The molecule has 0 N–H and O–H groups in total.